The Hall–Kier alpha value is -2.64. The van der Waals surface area contributed by atoms with E-state index in [9.17, 15) is 4.57 Å². The monoisotopic (exact) mass is 332 g/mol. The maximum Gasteiger partial charge on any atom is 0.150 e. The van der Waals surface area contributed by atoms with Crippen molar-refractivity contribution >= 4 is 28.8 Å². The van der Waals surface area contributed by atoms with Crippen LogP contribution in [0.5, 0.6) is 0 Å². The lowest BCUT2D eigenvalue weighted by molar-refractivity contribution is 0.586. The van der Waals surface area contributed by atoms with Crippen molar-refractivity contribution in [1.29, 1.82) is 0 Å². The van der Waals surface area contributed by atoms with Crippen LogP contribution < -0.4 is 10.6 Å². The topological polar surface area (TPSA) is 45.8 Å². The summed E-state index contributed by atoms with van der Waals surface area (Å²) in [5, 5.41) is 1.72. The van der Waals surface area contributed by atoms with E-state index in [0.717, 1.165) is 27.5 Å². The number of aromatic amines is 1. The quantitative estimate of drug-likeness (QED) is 0.573. The Morgan fingerprint density at radius 3 is 1.88 bits per heavy atom. The molecule has 4 rings (SSSR count). The van der Waals surface area contributed by atoms with Gasteiger partial charge in [0.15, 0.2) is 7.14 Å². The zero-order valence-corrected chi connectivity index (χ0v) is 14.0. The Bertz CT molecular complexity index is 933. The van der Waals surface area contributed by atoms with Crippen LogP contribution in [-0.2, 0) is 10.7 Å². The summed E-state index contributed by atoms with van der Waals surface area (Å²) in [6.07, 6.45) is 0.385. The van der Waals surface area contributed by atoms with Gasteiger partial charge in [0.2, 0.25) is 0 Å². The summed E-state index contributed by atoms with van der Waals surface area (Å²) >= 11 is 0. The standard InChI is InChI=1S/C20H17N2OP/c23-24(16-9-3-1-4-10-16,17-11-5-2-6-12-17)15-20-21-18-13-7-8-14-19(18)22-20/h1-14H,15H2,(H,21,22). The lowest BCUT2D eigenvalue weighted by Crippen LogP contribution is -2.17. The number of hydrogen-bond acceptors (Lipinski definition) is 2. The van der Waals surface area contributed by atoms with Gasteiger partial charge in [-0.25, -0.2) is 4.98 Å². The Morgan fingerprint density at radius 2 is 1.29 bits per heavy atom. The minimum atomic E-state index is -2.79. The first-order valence-electron chi connectivity index (χ1n) is 7.90. The zero-order valence-electron chi connectivity index (χ0n) is 13.1. The number of rotatable bonds is 4. The molecule has 0 bridgehead atoms. The molecule has 4 heteroatoms. The van der Waals surface area contributed by atoms with Crippen molar-refractivity contribution < 1.29 is 4.57 Å². The van der Waals surface area contributed by atoms with E-state index in [2.05, 4.69) is 9.97 Å². The van der Waals surface area contributed by atoms with Crippen molar-refractivity contribution in [1.82, 2.24) is 9.97 Å². The lowest BCUT2D eigenvalue weighted by Gasteiger charge is -2.18. The van der Waals surface area contributed by atoms with E-state index >= 15 is 0 Å². The van der Waals surface area contributed by atoms with E-state index in [4.69, 9.17) is 0 Å². The molecule has 0 spiro atoms. The average molecular weight is 332 g/mol. The summed E-state index contributed by atoms with van der Waals surface area (Å²) in [7, 11) is -2.79. The molecule has 118 valence electrons. The minimum absolute atomic E-state index is 0.385. The third-order valence-corrected chi connectivity index (χ3v) is 7.17. The maximum atomic E-state index is 14.0. The largest absolute Gasteiger partial charge is 0.342 e. The van der Waals surface area contributed by atoms with Gasteiger partial charge in [0.1, 0.15) is 5.82 Å². The molecule has 1 heterocycles. The molecule has 3 aromatic carbocycles. The number of imidazole rings is 1. The molecule has 0 amide bonds. The van der Waals surface area contributed by atoms with Crippen LogP contribution in [-0.4, -0.2) is 9.97 Å². The van der Waals surface area contributed by atoms with Crippen LogP contribution in [0.4, 0.5) is 0 Å². The predicted octanol–water partition coefficient (Wildman–Crippen LogP) is 4.08. The molecule has 24 heavy (non-hydrogen) atoms. The number of nitrogens with one attached hydrogen (secondary N) is 1. The molecule has 0 radical (unpaired) electrons. The van der Waals surface area contributed by atoms with Gasteiger partial charge in [-0.1, -0.05) is 72.8 Å². The number of nitrogens with zero attached hydrogens (tertiary/aromatic N) is 1. The predicted molar refractivity (Wildman–Crippen MR) is 99.6 cm³/mol. The number of fused-ring (bicyclic) bond motifs is 1. The van der Waals surface area contributed by atoms with Gasteiger partial charge in [0, 0.05) is 10.6 Å². The second-order valence-corrected chi connectivity index (χ2v) is 8.60. The van der Waals surface area contributed by atoms with Gasteiger partial charge in [0.25, 0.3) is 0 Å². The van der Waals surface area contributed by atoms with Crippen LogP contribution >= 0.6 is 7.14 Å². The molecule has 4 aromatic rings. The molecule has 0 atom stereocenters. The maximum absolute atomic E-state index is 14.0. The second-order valence-electron chi connectivity index (χ2n) is 5.77. The molecular weight excluding hydrogens is 315 g/mol. The molecule has 3 nitrogen and oxygen atoms in total. The van der Waals surface area contributed by atoms with Crippen molar-refractivity contribution in [2.75, 3.05) is 0 Å². The first kappa shape index (κ1) is 14.9. The van der Waals surface area contributed by atoms with Crippen LogP contribution in [0.3, 0.4) is 0 Å². The summed E-state index contributed by atoms with van der Waals surface area (Å²) in [5.74, 6) is 0.757. The summed E-state index contributed by atoms with van der Waals surface area (Å²) in [6.45, 7) is 0. The summed E-state index contributed by atoms with van der Waals surface area (Å²) in [6, 6.07) is 27.3. The Balaban J connectivity index is 1.83. The molecular formula is C20H17N2OP. The highest BCUT2D eigenvalue weighted by atomic mass is 31.2. The van der Waals surface area contributed by atoms with E-state index in [1.54, 1.807) is 0 Å². The van der Waals surface area contributed by atoms with Crippen molar-refractivity contribution in [2.45, 2.75) is 6.16 Å². The van der Waals surface area contributed by atoms with Gasteiger partial charge < -0.3 is 9.55 Å². The van der Waals surface area contributed by atoms with Crippen LogP contribution in [0, 0.1) is 0 Å². The molecule has 0 aliphatic rings. The Morgan fingerprint density at radius 1 is 0.750 bits per heavy atom. The highest BCUT2D eigenvalue weighted by Crippen LogP contribution is 2.46. The van der Waals surface area contributed by atoms with E-state index in [0.29, 0.717) is 6.16 Å². The fourth-order valence-electron chi connectivity index (χ4n) is 2.96. The van der Waals surface area contributed by atoms with E-state index in [1.165, 1.54) is 0 Å². The van der Waals surface area contributed by atoms with Gasteiger partial charge >= 0.3 is 0 Å². The van der Waals surface area contributed by atoms with Gasteiger partial charge in [-0.05, 0) is 12.1 Å². The molecule has 1 aromatic heterocycles. The highest BCUT2D eigenvalue weighted by Gasteiger charge is 2.28. The number of H-pyrrole nitrogens is 1. The normalized spacial score (nSPS) is 11.7. The lowest BCUT2D eigenvalue weighted by atomic mass is 10.3. The minimum Gasteiger partial charge on any atom is -0.342 e. The van der Waals surface area contributed by atoms with Gasteiger partial charge in [0.05, 0.1) is 17.2 Å². The number of para-hydroxylation sites is 2. The summed E-state index contributed by atoms with van der Waals surface area (Å²) in [4.78, 5) is 7.93. The third-order valence-electron chi connectivity index (χ3n) is 4.16. The van der Waals surface area contributed by atoms with Crippen molar-refractivity contribution in [3.63, 3.8) is 0 Å². The second kappa shape index (κ2) is 6.10. The van der Waals surface area contributed by atoms with Crippen LogP contribution in [0.25, 0.3) is 11.0 Å². The molecule has 0 fully saturated rings. The fourth-order valence-corrected chi connectivity index (χ4v) is 5.50. The zero-order chi connectivity index (χ0) is 16.4. The van der Waals surface area contributed by atoms with Crippen molar-refractivity contribution in [3.8, 4) is 0 Å². The Labute approximate surface area is 140 Å². The van der Waals surface area contributed by atoms with Gasteiger partial charge in [-0.15, -0.1) is 0 Å². The summed E-state index contributed by atoms with van der Waals surface area (Å²) in [5.41, 5.74) is 1.88. The molecule has 0 aliphatic carbocycles. The van der Waals surface area contributed by atoms with Crippen LogP contribution in [0.15, 0.2) is 84.9 Å². The number of hydrogen-bond donors (Lipinski definition) is 1. The van der Waals surface area contributed by atoms with Gasteiger partial charge in [-0.2, -0.15) is 0 Å². The third kappa shape index (κ3) is 2.68. The van der Waals surface area contributed by atoms with E-state index in [1.807, 2.05) is 84.9 Å². The smallest absolute Gasteiger partial charge is 0.150 e. The molecule has 0 saturated heterocycles. The first-order chi connectivity index (χ1) is 11.8. The SMILES string of the molecule is O=P(Cc1nc2ccccc2[nH]1)(c1ccccc1)c1ccccc1. The van der Waals surface area contributed by atoms with E-state index < -0.39 is 7.14 Å². The molecule has 0 saturated carbocycles. The fraction of sp³-hybridized carbons (Fsp3) is 0.0500. The Kier molecular flexibility index (Phi) is 3.79. The van der Waals surface area contributed by atoms with Crippen molar-refractivity contribution in [3.05, 3.63) is 90.8 Å². The van der Waals surface area contributed by atoms with Crippen molar-refractivity contribution in [2.24, 2.45) is 0 Å². The average Bonchev–Trinajstić information content (AvgIpc) is 3.05. The molecule has 0 unspecified atom stereocenters. The number of aromatic nitrogens is 2. The van der Waals surface area contributed by atoms with Gasteiger partial charge in [-0.3, -0.25) is 0 Å². The summed E-state index contributed by atoms with van der Waals surface area (Å²) < 4.78 is 14.0. The van der Waals surface area contributed by atoms with Crippen LogP contribution in [0.2, 0.25) is 0 Å². The first-order valence-corrected chi connectivity index (χ1v) is 9.79. The van der Waals surface area contributed by atoms with Crippen LogP contribution in [0.1, 0.15) is 5.82 Å². The number of benzene rings is 3. The molecule has 0 aliphatic heterocycles. The van der Waals surface area contributed by atoms with E-state index in [-0.39, 0.29) is 0 Å². The highest BCUT2D eigenvalue weighted by molar-refractivity contribution is 7.78. The molecule has 1 N–H and O–H groups in total.